The van der Waals surface area contributed by atoms with Crippen LogP contribution in [0.1, 0.15) is 26.7 Å². The number of methoxy groups -OCH3 is 1. The summed E-state index contributed by atoms with van der Waals surface area (Å²) in [6.45, 7) is 10.2. The molecule has 1 aliphatic rings. The lowest BCUT2D eigenvalue weighted by atomic mass is 10.1. The third-order valence-electron chi connectivity index (χ3n) is 3.31. The van der Waals surface area contributed by atoms with Crippen LogP contribution in [-0.2, 0) is 4.74 Å². The van der Waals surface area contributed by atoms with Gasteiger partial charge in [-0.05, 0) is 32.2 Å². The zero-order valence-corrected chi connectivity index (χ0v) is 10.5. The standard InChI is InChI=1S/C12H26N2O/c1-4-11(2)13-6-8-14-7-5-12(9-14)10-15-3/h11-13H,4-10H2,1-3H3. The van der Waals surface area contributed by atoms with Crippen LogP contribution >= 0.6 is 0 Å². The van der Waals surface area contributed by atoms with Crippen molar-refractivity contribution in [3.8, 4) is 0 Å². The van der Waals surface area contributed by atoms with Gasteiger partial charge in [0.1, 0.15) is 0 Å². The Morgan fingerprint density at radius 1 is 1.53 bits per heavy atom. The number of nitrogens with one attached hydrogen (secondary N) is 1. The number of rotatable bonds is 7. The second kappa shape index (κ2) is 7.20. The van der Waals surface area contributed by atoms with E-state index < -0.39 is 0 Å². The molecule has 15 heavy (non-hydrogen) atoms. The van der Waals surface area contributed by atoms with E-state index in [-0.39, 0.29) is 0 Å². The van der Waals surface area contributed by atoms with Gasteiger partial charge in [0.15, 0.2) is 0 Å². The van der Waals surface area contributed by atoms with Gasteiger partial charge >= 0.3 is 0 Å². The average molecular weight is 214 g/mol. The van der Waals surface area contributed by atoms with Crippen molar-refractivity contribution >= 4 is 0 Å². The Kier molecular flexibility index (Phi) is 6.22. The zero-order valence-electron chi connectivity index (χ0n) is 10.5. The lowest BCUT2D eigenvalue weighted by molar-refractivity contribution is 0.153. The highest BCUT2D eigenvalue weighted by atomic mass is 16.5. The predicted octanol–water partition coefficient (Wildman–Crippen LogP) is 1.34. The molecule has 1 fully saturated rings. The van der Waals surface area contributed by atoms with Crippen molar-refractivity contribution in [3.05, 3.63) is 0 Å². The molecule has 1 heterocycles. The molecule has 0 aliphatic carbocycles. The third-order valence-corrected chi connectivity index (χ3v) is 3.31. The van der Waals surface area contributed by atoms with Gasteiger partial charge in [-0.3, -0.25) is 0 Å². The van der Waals surface area contributed by atoms with Gasteiger partial charge in [0, 0.05) is 32.8 Å². The number of likely N-dealkylation sites (tertiary alicyclic amines) is 1. The topological polar surface area (TPSA) is 24.5 Å². The van der Waals surface area contributed by atoms with Crippen molar-refractivity contribution in [3.63, 3.8) is 0 Å². The van der Waals surface area contributed by atoms with E-state index in [1.165, 1.54) is 32.5 Å². The molecule has 0 radical (unpaired) electrons. The van der Waals surface area contributed by atoms with Crippen LogP contribution in [0.5, 0.6) is 0 Å². The van der Waals surface area contributed by atoms with Gasteiger partial charge in [-0.2, -0.15) is 0 Å². The van der Waals surface area contributed by atoms with Crippen LogP contribution in [0, 0.1) is 5.92 Å². The average Bonchev–Trinajstić information content (AvgIpc) is 2.66. The summed E-state index contributed by atoms with van der Waals surface area (Å²) < 4.78 is 5.19. The summed E-state index contributed by atoms with van der Waals surface area (Å²) in [7, 11) is 1.80. The first-order chi connectivity index (χ1) is 7.26. The third kappa shape index (κ3) is 4.96. The van der Waals surface area contributed by atoms with E-state index >= 15 is 0 Å². The first-order valence-electron chi connectivity index (χ1n) is 6.21. The van der Waals surface area contributed by atoms with E-state index in [1.807, 2.05) is 0 Å². The van der Waals surface area contributed by atoms with Crippen molar-refractivity contribution in [2.75, 3.05) is 39.9 Å². The monoisotopic (exact) mass is 214 g/mol. The Morgan fingerprint density at radius 2 is 2.33 bits per heavy atom. The molecule has 0 aromatic carbocycles. The van der Waals surface area contributed by atoms with Crippen molar-refractivity contribution in [2.24, 2.45) is 5.92 Å². The molecular formula is C12H26N2O. The smallest absolute Gasteiger partial charge is 0.0503 e. The Morgan fingerprint density at radius 3 is 3.00 bits per heavy atom. The van der Waals surface area contributed by atoms with E-state index in [0.717, 1.165) is 19.1 Å². The molecule has 0 amide bonds. The van der Waals surface area contributed by atoms with Crippen molar-refractivity contribution in [1.82, 2.24) is 10.2 Å². The summed E-state index contributed by atoms with van der Waals surface area (Å²) in [6.07, 6.45) is 2.52. The van der Waals surface area contributed by atoms with E-state index in [9.17, 15) is 0 Å². The normalized spacial score (nSPS) is 24.6. The molecule has 90 valence electrons. The van der Waals surface area contributed by atoms with Crippen molar-refractivity contribution < 1.29 is 4.74 Å². The van der Waals surface area contributed by atoms with Crippen molar-refractivity contribution in [1.29, 1.82) is 0 Å². The predicted molar refractivity (Wildman–Crippen MR) is 64.2 cm³/mol. The molecule has 3 nitrogen and oxygen atoms in total. The highest BCUT2D eigenvalue weighted by Crippen LogP contribution is 2.15. The summed E-state index contributed by atoms with van der Waals surface area (Å²) in [5.41, 5.74) is 0. The fourth-order valence-electron chi connectivity index (χ4n) is 2.10. The van der Waals surface area contributed by atoms with E-state index in [2.05, 4.69) is 24.1 Å². The quantitative estimate of drug-likeness (QED) is 0.692. The molecule has 2 atom stereocenters. The van der Waals surface area contributed by atoms with Crippen molar-refractivity contribution in [2.45, 2.75) is 32.7 Å². The maximum atomic E-state index is 5.19. The van der Waals surface area contributed by atoms with Gasteiger partial charge in [-0.15, -0.1) is 0 Å². The molecule has 1 aliphatic heterocycles. The van der Waals surface area contributed by atoms with Gasteiger partial charge in [0.05, 0.1) is 6.61 Å². The Labute approximate surface area is 94.2 Å². The SMILES string of the molecule is CCC(C)NCCN1CCC(COC)C1. The van der Waals surface area contributed by atoms with Gasteiger partial charge in [-0.1, -0.05) is 6.92 Å². The Hall–Kier alpha value is -0.120. The molecule has 1 saturated heterocycles. The molecular weight excluding hydrogens is 188 g/mol. The lowest BCUT2D eigenvalue weighted by Gasteiger charge is -2.18. The summed E-state index contributed by atoms with van der Waals surface area (Å²) >= 11 is 0. The van der Waals surface area contributed by atoms with Crippen LogP contribution in [0.15, 0.2) is 0 Å². The molecule has 0 aromatic heterocycles. The molecule has 0 saturated carbocycles. The second-order valence-corrected chi connectivity index (χ2v) is 4.67. The van der Waals surface area contributed by atoms with E-state index in [1.54, 1.807) is 7.11 Å². The van der Waals surface area contributed by atoms with Crippen LogP contribution in [-0.4, -0.2) is 50.8 Å². The highest BCUT2D eigenvalue weighted by molar-refractivity contribution is 4.75. The summed E-state index contributed by atoms with van der Waals surface area (Å²) in [5, 5.41) is 3.53. The molecule has 0 aromatic rings. The van der Waals surface area contributed by atoms with Crippen LogP contribution < -0.4 is 5.32 Å². The minimum absolute atomic E-state index is 0.655. The second-order valence-electron chi connectivity index (χ2n) is 4.67. The van der Waals surface area contributed by atoms with E-state index in [0.29, 0.717) is 6.04 Å². The maximum absolute atomic E-state index is 5.19. The fraction of sp³-hybridized carbons (Fsp3) is 1.00. The lowest BCUT2D eigenvalue weighted by Crippen LogP contribution is -2.34. The number of ether oxygens (including phenoxy) is 1. The maximum Gasteiger partial charge on any atom is 0.0503 e. The first kappa shape index (κ1) is 12.9. The van der Waals surface area contributed by atoms with E-state index in [4.69, 9.17) is 4.74 Å². The van der Waals surface area contributed by atoms with Crippen LogP contribution in [0.2, 0.25) is 0 Å². The molecule has 1 N–H and O–H groups in total. The molecule has 0 spiro atoms. The number of hydrogen-bond donors (Lipinski definition) is 1. The number of hydrogen-bond acceptors (Lipinski definition) is 3. The zero-order chi connectivity index (χ0) is 11.1. The molecule has 2 unspecified atom stereocenters. The Bertz CT molecular complexity index is 164. The minimum Gasteiger partial charge on any atom is -0.384 e. The summed E-state index contributed by atoms with van der Waals surface area (Å²) in [5.74, 6) is 0.763. The van der Waals surface area contributed by atoms with Gasteiger partial charge in [0.2, 0.25) is 0 Å². The minimum atomic E-state index is 0.655. The van der Waals surface area contributed by atoms with Gasteiger partial charge < -0.3 is 15.0 Å². The number of nitrogens with zero attached hydrogens (tertiary/aromatic N) is 1. The Balaban J connectivity index is 2.03. The van der Waals surface area contributed by atoms with Crippen LogP contribution in [0.3, 0.4) is 0 Å². The molecule has 3 heteroatoms. The van der Waals surface area contributed by atoms with Crippen LogP contribution in [0.25, 0.3) is 0 Å². The largest absolute Gasteiger partial charge is 0.384 e. The van der Waals surface area contributed by atoms with Gasteiger partial charge in [-0.25, -0.2) is 0 Å². The highest BCUT2D eigenvalue weighted by Gasteiger charge is 2.21. The van der Waals surface area contributed by atoms with Crippen LogP contribution in [0.4, 0.5) is 0 Å². The summed E-state index contributed by atoms with van der Waals surface area (Å²) in [6, 6.07) is 0.655. The molecule has 1 rings (SSSR count). The van der Waals surface area contributed by atoms with Gasteiger partial charge in [0.25, 0.3) is 0 Å². The fourth-order valence-corrected chi connectivity index (χ4v) is 2.10. The molecule has 0 bridgehead atoms. The summed E-state index contributed by atoms with van der Waals surface area (Å²) in [4.78, 5) is 2.54. The first-order valence-corrected chi connectivity index (χ1v) is 6.21.